The van der Waals surface area contributed by atoms with Gasteiger partial charge in [0.2, 0.25) is 0 Å². The van der Waals surface area contributed by atoms with Crippen LogP contribution in [0.15, 0.2) is 36.7 Å². The van der Waals surface area contributed by atoms with Crippen molar-refractivity contribution in [2.24, 2.45) is 0 Å². The van der Waals surface area contributed by atoms with Gasteiger partial charge in [-0.2, -0.15) is 0 Å². The van der Waals surface area contributed by atoms with Crippen LogP contribution in [0.3, 0.4) is 0 Å². The number of aromatic nitrogens is 1. The standard InChI is InChI=1S/C25H33FN4O2/c1-17-8-9-18(25(32)29-23-6-4-5-7-24(23)31)12-19(17)14-22(26)20-13-21(16-27-15-20)28-10-11-30(2)3/h8-9,12-16,23-24,28,31H,4-7,10-11H2,1-3H3,(H,29,32)/b22-14-/t23-,24-/m0/s1. The molecule has 0 spiro atoms. The zero-order chi connectivity index (χ0) is 23.1. The number of nitrogens with one attached hydrogen (secondary N) is 2. The number of benzene rings is 1. The summed E-state index contributed by atoms with van der Waals surface area (Å²) < 4.78 is 15.0. The molecule has 1 aliphatic rings. The highest BCUT2D eigenvalue weighted by Crippen LogP contribution is 2.24. The van der Waals surface area contributed by atoms with E-state index in [4.69, 9.17) is 0 Å². The van der Waals surface area contributed by atoms with Crippen LogP contribution in [0.25, 0.3) is 11.9 Å². The molecule has 2 atom stereocenters. The van der Waals surface area contributed by atoms with Crippen molar-refractivity contribution in [2.45, 2.75) is 44.8 Å². The Balaban J connectivity index is 1.74. The molecule has 1 heterocycles. The summed E-state index contributed by atoms with van der Waals surface area (Å²) in [6, 6.07) is 6.72. The van der Waals surface area contributed by atoms with E-state index in [0.29, 0.717) is 23.1 Å². The number of likely N-dealkylation sites (N-methyl/N-ethyl adjacent to an activating group) is 1. The van der Waals surface area contributed by atoms with Gasteiger partial charge in [0.25, 0.3) is 5.91 Å². The summed E-state index contributed by atoms with van der Waals surface area (Å²) in [6.45, 7) is 3.47. The summed E-state index contributed by atoms with van der Waals surface area (Å²) in [5.74, 6) is -0.670. The highest BCUT2D eigenvalue weighted by atomic mass is 19.1. The minimum atomic E-state index is -0.513. The minimum Gasteiger partial charge on any atom is -0.391 e. The van der Waals surface area contributed by atoms with Crippen LogP contribution >= 0.6 is 0 Å². The zero-order valence-electron chi connectivity index (χ0n) is 19.1. The molecule has 0 unspecified atom stereocenters. The molecule has 1 fully saturated rings. The monoisotopic (exact) mass is 440 g/mol. The van der Waals surface area contributed by atoms with E-state index < -0.39 is 11.9 Å². The van der Waals surface area contributed by atoms with Crippen molar-refractivity contribution in [2.75, 3.05) is 32.5 Å². The van der Waals surface area contributed by atoms with E-state index >= 15 is 4.39 Å². The zero-order valence-corrected chi connectivity index (χ0v) is 19.1. The molecule has 0 bridgehead atoms. The predicted octanol–water partition coefficient (Wildman–Crippen LogP) is 3.86. The van der Waals surface area contributed by atoms with Crippen LogP contribution in [0, 0.1) is 6.92 Å². The van der Waals surface area contributed by atoms with E-state index in [1.807, 2.05) is 27.1 Å². The van der Waals surface area contributed by atoms with Crippen molar-refractivity contribution in [1.82, 2.24) is 15.2 Å². The van der Waals surface area contributed by atoms with Gasteiger partial charge >= 0.3 is 0 Å². The molecule has 1 saturated carbocycles. The van der Waals surface area contributed by atoms with E-state index in [-0.39, 0.29) is 11.9 Å². The fourth-order valence-corrected chi connectivity index (χ4v) is 3.78. The van der Waals surface area contributed by atoms with Gasteiger partial charge in [-0.3, -0.25) is 9.78 Å². The smallest absolute Gasteiger partial charge is 0.251 e. The molecule has 0 radical (unpaired) electrons. The topological polar surface area (TPSA) is 77.5 Å². The maximum Gasteiger partial charge on any atom is 0.251 e. The first-order chi connectivity index (χ1) is 15.3. The quantitative estimate of drug-likeness (QED) is 0.581. The highest BCUT2D eigenvalue weighted by molar-refractivity contribution is 5.95. The number of pyridine rings is 1. The second-order valence-corrected chi connectivity index (χ2v) is 8.69. The first kappa shape index (κ1) is 23.9. The van der Waals surface area contributed by atoms with Crippen molar-refractivity contribution < 1.29 is 14.3 Å². The van der Waals surface area contributed by atoms with E-state index in [1.165, 1.54) is 12.3 Å². The van der Waals surface area contributed by atoms with Gasteiger partial charge in [-0.15, -0.1) is 0 Å². The summed E-state index contributed by atoms with van der Waals surface area (Å²) in [4.78, 5) is 18.9. The summed E-state index contributed by atoms with van der Waals surface area (Å²) in [7, 11) is 3.99. The Morgan fingerprint density at radius 1 is 1.22 bits per heavy atom. The second kappa shape index (κ2) is 11.2. The van der Waals surface area contributed by atoms with E-state index in [0.717, 1.165) is 43.6 Å². The van der Waals surface area contributed by atoms with Crippen LogP contribution < -0.4 is 10.6 Å². The number of carbonyl (C=O) groups is 1. The fraction of sp³-hybridized carbons (Fsp3) is 0.440. The summed E-state index contributed by atoms with van der Waals surface area (Å²) in [5, 5.41) is 16.3. The van der Waals surface area contributed by atoms with Gasteiger partial charge in [0, 0.05) is 36.6 Å². The second-order valence-electron chi connectivity index (χ2n) is 8.69. The third kappa shape index (κ3) is 6.61. The molecule has 172 valence electrons. The van der Waals surface area contributed by atoms with Crippen molar-refractivity contribution in [3.8, 4) is 0 Å². The van der Waals surface area contributed by atoms with Gasteiger partial charge in [0.1, 0.15) is 5.83 Å². The summed E-state index contributed by atoms with van der Waals surface area (Å²) in [6.07, 6.45) is 7.52. The normalized spacial score (nSPS) is 19.1. The van der Waals surface area contributed by atoms with Crippen LogP contribution in [0.4, 0.5) is 10.1 Å². The number of amides is 1. The van der Waals surface area contributed by atoms with Crippen LogP contribution in [0.2, 0.25) is 0 Å². The third-order valence-electron chi connectivity index (χ3n) is 5.77. The first-order valence-corrected chi connectivity index (χ1v) is 11.1. The van der Waals surface area contributed by atoms with Crippen LogP contribution in [-0.4, -0.2) is 60.2 Å². The van der Waals surface area contributed by atoms with E-state index in [1.54, 1.807) is 24.4 Å². The van der Waals surface area contributed by atoms with Crippen LogP contribution in [0.5, 0.6) is 0 Å². The third-order valence-corrected chi connectivity index (χ3v) is 5.77. The lowest BCUT2D eigenvalue weighted by Gasteiger charge is -2.28. The van der Waals surface area contributed by atoms with Crippen molar-refractivity contribution >= 4 is 23.5 Å². The van der Waals surface area contributed by atoms with Crippen LogP contribution in [0.1, 0.15) is 52.7 Å². The van der Waals surface area contributed by atoms with Gasteiger partial charge in [0.15, 0.2) is 0 Å². The predicted molar refractivity (Wildman–Crippen MR) is 127 cm³/mol. The Morgan fingerprint density at radius 3 is 2.75 bits per heavy atom. The molecule has 0 aliphatic heterocycles. The van der Waals surface area contributed by atoms with Gasteiger partial charge in [-0.05, 0) is 69.3 Å². The number of nitrogens with zero attached hydrogens (tertiary/aromatic N) is 2. The van der Waals surface area contributed by atoms with Gasteiger partial charge in [-0.1, -0.05) is 18.9 Å². The Bertz CT molecular complexity index is 961. The SMILES string of the molecule is Cc1ccc(C(=O)N[C@H]2CCCC[C@@H]2O)cc1/C=C(\F)c1cncc(NCCN(C)C)c1. The van der Waals surface area contributed by atoms with Crippen LogP contribution in [-0.2, 0) is 0 Å². The summed E-state index contributed by atoms with van der Waals surface area (Å²) in [5.41, 5.74) is 3.07. The largest absolute Gasteiger partial charge is 0.391 e. The number of hydrogen-bond acceptors (Lipinski definition) is 5. The molecule has 1 amide bonds. The molecule has 1 aliphatic carbocycles. The average Bonchev–Trinajstić information content (AvgIpc) is 2.76. The maximum atomic E-state index is 15.0. The Morgan fingerprint density at radius 2 is 2.00 bits per heavy atom. The van der Waals surface area contributed by atoms with Gasteiger partial charge < -0.3 is 20.6 Å². The fourth-order valence-electron chi connectivity index (χ4n) is 3.78. The number of aliphatic hydroxyl groups is 1. The molecule has 7 heteroatoms. The van der Waals surface area contributed by atoms with Crippen molar-refractivity contribution in [3.63, 3.8) is 0 Å². The number of carbonyl (C=O) groups excluding carboxylic acids is 1. The lowest BCUT2D eigenvalue weighted by molar-refractivity contribution is 0.0717. The van der Waals surface area contributed by atoms with Crippen molar-refractivity contribution in [1.29, 1.82) is 0 Å². The number of aryl methyl sites for hydroxylation is 1. The molecule has 3 rings (SSSR count). The average molecular weight is 441 g/mol. The van der Waals surface area contributed by atoms with Gasteiger partial charge in [0.05, 0.1) is 17.8 Å². The van der Waals surface area contributed by atoms with Crippen molar-refractivity contribution in [3.05, 3.63) is 58.9 Å². The number of anilines is 1. The molecular formula is C25H33FN4O2. The molecule has 3 N–H and O–H groups in total. The number of halogens is 1. The van der Waals surface area contributed by atoms with Gasteiger partial charge in [-0.25, -0.2) is 4.39 Å². The lowest BCUT2D eigenvalue weighted by Crippen LogP contribution is -2.45. The lowest BCUT2D eigenvalue weighted by atomic mass is 9.92. The van der Waals surface area contributed by atoms with E-state index in [9.17, 15) is 9.90 Å². The highest BCUT2D eigenvalue weighted by Gasteiger charge is 2.25. The number of aliphatic hydroxyl groups excluding tert-OH is 1. The molecule has 2 aromatic rings. The Kier molecular flexibility index (Phi) is 8.36. The molecule has 1 aromatic carbocycles. The molecule has 1 aromatic heterocycles. The molecular weight excluding hydrogens is 407 g/mol. The molecule has 32 heavy (non-hydrogen) atoms. The van der Waals surface area contributed by atoms with E-state index in [2.05, 4.69) is 20.5 Å². The number of rotatable bonds is 8. The minimum absolute atomic E-state index is 0.234. The number of hydrogen-bond donors (Lipinski definition) is 3. The Labute approximate surface area is 189 Å². The molecule has 0 saturated heterocycles. The summed E-state index contributed by atoms with van der Waals surface area (Å²) >= 11 is 0. The first-order valence-electron chi connectivity index (χ1n) is 11.1. The molecule has 6 nitrogen and oxygen atoms in total. The Hall–Kier alpha value is -2.77. The maximum absolute atomic E-state index is 15.0.